The van der Waals surface area contributed by atoms with Gasteiger partial charge in [-0.1, -0.05) is 0 Å². The molecular formula is C11H18N2O. The van der Waals surface area contributed by atoms with Crippen LogP contribution < -0.4 is 0 Å². The number of carbonyl (C=O) groups is 1. The fourth-order valence-corrected chi connectivity index (χ4v) is 1.43. The van der Waals surface area contributed by atoms with E-state index in [1.54, 1.807) is 6.92 Å². The van der Waals surface area contributed by atoms with Gasteiger partial charge in [0.05, 0.1) is 0 Å². The number of hydrogen-bond donors (Lipinski definition) is 1. The van der Waals surface area contributed by atoms with E-state index in [1.165, 1.54) is 5.69 Å². The minimum Gasteiger partial charge on any atom is -0.364 e. The van der Waals surface area contributed by atoms with Crippen LogP contribution in [0, 0.1) is 0 Å². The van der Waals surface area contributed by atoms with Gasteiger partial charge in [0.25, 0.3) is 0 Å². The topological polar surface area (TPSA) is 36.1 Å². The van der Waals surface area contributed by atoms with Crippen LogP contribution in [0.2, 0.25) is 0 Å². The fourth-order valence-electron chi connectivity index (χ4n) is 1.43. The van der Waals surface area contributed by atoms with Crippen molar-refractivity contribution >= 4 is 5.78 Å². The van der Waals surface area contributed by atoms with Crippen LogP contribution in [0.3, 0.4) is 0 Å². The molecule has 0 aliphatic rings. The monoisotopic (exact) mass is 194 g/mol. The van der Waals surface area contributed by atoms with Crippen molar-refractivity contribution in [2.75, 3.05) is 13.6 Å². The molecule has 1 aromatic heterocycles. The van der Waals surface area contributed by atoms with Crippen molar-refractivity contribution < 1.29 is 4.79 Å². The summed E-state index contributed by atoms with van der Waals surface area (Å²) in [5.41, 5.74) is 1.22. The fraction of sp³-hybridized carbons (Fsp3) is 0.545. The zero-order chi connectivity index (χ0) is 10.4. The van der Waals surface area contributed by atoms with Crippen molar-refractivity contribution in [2.24, 2.45) is 0 Å². The number of carbonyl (C=O) groups excluding carboxylic acids is 1. The first-order valence-electron chi connectivity index (χ1n) is 4.98. The first-order chi connectivity index (χ1) is 6.68. The number of rotatable bonds is 6. The number of aromatic amines is 1. The Hall–Kier alpha value is -1.09. The van der Waals surface area contributed by atoms with Crippen LogP contribution >= 0.6 is 0 Å². The Morgan fingerprint density at radius 3 is 2.93 bits per heavy atom. The number of nitrogens with zero attached hydrogens (tertiary/aromatic N) is 1. The normalized spacial score (nSPS) is 10.8. The zero-order valence-electron chi connectivity index (χ0n) is 8.92. The van der Waals surface area contributed by atoms with Crippen molar-refractivity contribution in [1.29, 1.82) is 0 Å². The summed E-state index contributed by atoms with van der Waals surface area (Å²) in [6.07, 6.45) is 3.57. The molecule has 0 spiro atoms. The predicted molar refractivity (Wildman–Crippen MR) is 57.0 cm³/mol. The molecule has 14 heavy (non-hydrogen) atoms. The molecule has 0 saturated heterocycles. The van der Waals surface area contributed by atoms with Crippen LogP contribution in [-0.2, 0) is 11.3 Å². The van der Waals surface area contributed by atoms with Gasteiger partial charge in [-0.05, 0) is 39.1 Å². The SMILES string of the molecule is CC(=O)CCCN(C)Cc1ccc[nH]1. The van der Waals surface area contributed by atoms with Crippen molar-refractivity contribution in [3.05, 3.63) is 24.0 Å². The van der Waals surface area contributed by atoms with Gasteiger partial charge in [0.2, 0.25) is 0 Å². The second-order valence-electron chi connectivity index (χ2n) is 3.74. The molecule has 0 radical (unpaired) electrons. The van der Waals surface area contributed by atoms with E-state index in [0.717, 1.165) is 19.5 Å². The van der Waals surface area contributed by atoms with Gasteiger partial charge in [-0.3, -0.25) is 0 Å². The van der Waals surface area contributed by atoms with E-state index in [4.69, 9.17) is 0 Å². The summed E-state index contributed by atoms with van der Waals surface area (Å²) in [4.78, 5) is 16.1. The third-order valence-corrected chi connectivity index (χ3v) is 2.17. The average Bonchev–Trinajstić information content (AvgIpc) is 2.56. The Balaban J connectivity index is 2.16. The van der Waals surface area contributed by atoms with Gasteiger partial charge in [0.15, 0.2) is 0 Å². The highest BCUT2D eigenvalue weighted by atomic mass is 16.1. The Kier molecular flexibility index (Phi) is 4.40. The van der Waals surface area contributed by atoms with Gasteiger partial charge < -0.3 is 14.7 Å². The van der Waals surface area contributed by atoms with Crippen LogP contribution in [0.15, 0.2) is 18.3 Å². The molecule has 0 atom stereocenters. The molecule has 0 aliphatic carbocycles. The van der Waals surface area contributed by atoms with Gasteiger partial charge in [-0.2, -0.15) is 0 Å². The maximum atomic E-state index is 10.7. The van der Waals surface area contributed by atoms with Crippen LogP contribution in [0.25, 0.3) is 0 Å². The molecule has 0 bridgehead atoms. The maximum Gasteiger partial charge on any atom is 0.129 e. The molecule has 0 amide bonds. The minimum absolute atomic E-state index is 0.276. The Bertz CT molecular complexity index is 267. The van der Waals surface area contributed by atoms with Gasteiger partial charge >= 0.3 is 0 Å². The predicted octanol–water partition coefficient (Wildman–Crippen LogP) is 1.82. The van der Waals surface area contributed by atoms with Crippen LogP contribution in [0.1, 0.15) is 25.5 Å². The third-order valence-electron chi connectivity index (χ3n) is 2.17. The molecular weight excluding hydrogens is 176 g/mol. The van der Waals surface area contributed by atoms with Crippen molar-refractivity contribution in [2.45, 2.75) is 26.3 Å². The highest BCUT2D eigenvalue weighted by molar-refractivity contribution is 5.75. The van der Waals surface area contributed by atoms with Crippen molar-refractivity contribution in [3.8, 4) is 0 Å². The highest BCUT2D eigenvalue weighted by Gasteiger charge is 2.01. The third kappa shape index (κ3) is 4.23. The standard InChI is InChI=1S/C11H18N2O/c1-10(14)5-4-8-13(2)9-11-6-3-7-12-11/h3,6-7,12H,4-5,8-9H2,1-2H3. The lowest BCUT2D eigenvalue weighted by Crippen LogP contribution is -2.19. The van der Waals surface area contributed by atoms with E-state index >= 15 is 0 Å². The molecule has 0 aliphatic heterocycles. The number of aromatic nitrogens is 1. The summed E-state index contributed by atoms with van der Waals surface area (Å²) in [6.45, 7) is 3.54. The molecule has 0 fully saturated rings. The summed E-state index contributed by atoms with van der Waals surface area (Å²) < 4.78 is 0. The molecule has 78 valence electrons. The maximum absolute atomic E-state index is 10.7. The van der Waals surface area contributed by atoms with Crippen LogP contribution in [0.5, 0.6) is 0 Å². The number of ketones is 1. The Morgan fingerprint density at radius 1 is 1.57 bits per heavy atom. The summed E-state index contributed by atoms with van der Waals surface area (Å²) in [6, 6.07) is 4.07. The molecule has 0 unspecified atom stereocenters. The lowest BCUT2D eigenvalue weighted by molar-refractivity contribution is -0.117. The van der Waals surface area contributed by atoms with E-state index in [1.807, 2.05) is 12.3 Å². The molecule has 1 N–H and O–H groups in total. The first kappa shape index (κ1) is 11.0. The first-order valence-corrected chi connectivity index (χ1v) is 4.98. The Labute approximate surface area is 85.1 Å². The van der Waals surface area contributed by atoms with E-state index in [-0.39, 0.29) is 5.78 Å². The molecule has 0 saturated carbocycles. The second kappa shape index (κ2) is 5.60. The van der Waals surface area contributed by atoms with Crippen molar-refractivity contribution in [3.63, 3.8) is 0 Å². The zero-order valence-corrected chi connectivity index (χ0v) is 8.92. The summed E-state index contributed by atoms with van der Waals surface area (Å²) in [5, 5.41) is 0. The average molecular weight is 194 g/mol. The molecule has 3 nitrogen and oxygen atoms in total. The lowest BCUT2D eigenvalue weighted by Gasteiger charge is -2.14. The van der Waals surface area contributed by atoms with Crippen LogP contribution in [0.4, 0.5) is 0 Å². The minimum atomic E-state index is 0.276. The highest BCUT2D eigenvalue weighted by Crippen LogP contribution is 2.01. The molecule has 1 aromatic rings. The molecule has 3 heteroatoms. The van der Waals surface area contributed by atoms with Crippen molar-refractivity contribution in [1.82, 2.24) is 9.88 Å². The molecule has 1 heterocycles. The van der Waals surface area contributed by atoms with Gasteiger partial charge in [-0.15, -0.1) is 0 Å². The number of nitrogens with one attached hydrogen (secondary N) is 1. The van der Waals surface area contributed by atoms with E-state index in [0.29, 0.717) is 6.42 Å². The summed E-state index contributed by atoms with van der Waals surface area (Å²) >= 11 is 0. The van der Waals surface area contributed by atoms with E-state index in [2.05, 4.69) is 23.0 Å². The lowest BCUT2D eigenvalue weighted by atomic mass is 10.2. The number of Topliss-reactive ketones (excluding diaryl/α,β-unsaturated/α-hetero) is 1. The van der Waals surface area contributed by atoms with Gasteiger partial charge in [0.1, 0.15) is 5.78 Å². The van der Waals surface area contributed by atoms with Gasteiger partial charge in [0, 0.05) is 24.9 Å². The van der Waals surface area contributed by atoms with E-state index < -0.39 is 0 Å². The Morgan fingerprint density at radius 2 is 2.36 bits per heavy atom. The second-order valence-corrected chi connectivity index (χ2v) is 3.74. The molecule has 1 rings (SSSR count). The number of hydrogen-bond acceptors (Lipinski definition) is 2. The quantitative estimate of drug-likeness (QED) is 0.749. The summed E-state index contributed by atoms with van der Waals surface area (Å²) in [7, 11) is 2.07. The largest absolute Gasteiger partial charge is 0.364 e. The molecule has 0 aromatic carbocycles. The summed E-state index contributed by atoms with van der Waals surface area (Å²) in [5.74, 6) is 0.276. The van der Waals surface area contributed by atoms with E-state index in [9.17, 15) is 4.79 Å². The van der Waals surface area contributed by atoms with Crippen LogP contribution in [-0.4, -0.2) is 29.3 Å². The smallest absolute Gasteiger partial charge is 0.129 e. The van der Waals surface area contributed by atoms with Gasteiger partial charge in [-0.25, -0.2) is 0 Å². The number of H-pyrrole nitrogens is 1.